The summed E-state index contributed by atoms with van der Waals surface area (Å²) in [5.74, 6) is 2.20. The highest BCUT2D eigenvalue weighted by Gasteiger charge is 2.18. The van der Waals surface area contributed by atoms with Crippen molar-refractivity contribution >= 4 is 52.2 Å². The summed E-state index contributed by atoms with van der Waals surface area (Å²) in [4.78, 5) is 55.1. The van der Waals surface area contributed by atoms with Gasteiger partial charge in [0.2, 0.25) is 0 Å². The number of carbonyl (C=O) groups is 5. The Kier molecular flexibility index (Phi) is 32.6. The Labute approximate surface area is 404 Å². The maximum atomic E-state index is 13.0. The van der Waals surface area contributed by atoms with Crippen molar-refractivity contribution < 1.29 is 52.4 Å². The van der Waals surface area contributed by atoms with E-state index in [-0.39, 0.29) is 0 Å². The van der Waals surface area contributed by atoms with Crippen molar-refractivity contribution in [3.05, 3.63) is 146 Å². The quantitative estimate of drug-likeness (QED) is 0.0165. The fourth-order valence-corrected chi connectivity index (χ4v) is 6.31. The van der Waals surface area contributed by atoms with Crippen molar-refractivity contribution in [1.82, 2.24) is 0 Å². The molecule has 4 aromatic rings. The smallest absolute Gasteiger partial charge is 0.343 e. The van der Waals surface area contributed by atoms with Gasteiger partial charge in [-0.1, -0.05) is 103 Å². The van der Waals surface area contributed by atoms with Crippen molar-refractivity contribution in [2.45, 2.75) is 112 Å². The SMILES string of the molecule is C=CC.C=CC(=O)OC.C=CC=O.CC.CCC(C)CCCCCCOc1ccc2cc(C(=O)OC3=CC=C(OC(=O)c4ccc5cc(OCCCCCCOC=O)ccc5c4)CC3)ccc2c1. The van der Waals surface area contributed by atoms with Crippen LogP contribution in [-0.2, 0) is 33.3 Å². The van der Waals surface area contributed by atoms with E-state index in [4.69, 9.17) is 28.5 Å². The Bertz CT molecular complexity index is 2210. The second kappa shape index (κ2) is 37.4. The van der Waals surface area contributed by atoms with Gasteiger partial charge in [-0.15, -0.1) is 6.58 Å². The van der Waals surface area contributed by atoms with Crippen LogP contribution < -0.4 is 9.47 Å². The van der Waals surface area contributed by atoms with E-state index in [0.29, 0.717) is 68.1 Å². The maximum Gasteiger partial charge on any atom is 0.343 e. The molecule has 0 spiro atoms. The van der Waals surface area contributed by atoms with E-state index in [0.717, 1.165) is 77.1 Å². The van der Waals surface area contributed by atoms with Gasteiger partial charge < -0.3 is 28.4 Å². The van der Waals surface area contributed by atoms with E-state index in [9.17, 15) is 19.2 Å². The molecule has 0 fully saturated rings. The van der Waals surface area contributed by atoms with Crippen LogP contribution in [0.15, 0.2) is 134 Å². The summed E-state index contributed by atoms with van der Waals surface area (Å²) in [5, 5.41) is 3.81. The van der Waals surface area contributed by atoms with Crippen molar-refractivity contribution in [3.8, 4) is 11.5 Å². The van der Waals surface area contributed by atoms with Gasteiger partial charge in [0, 0.05) is 18.9 Å². The van der Waals surface area contributed by atoms with Crippen LogP contribution in [0.2, 0.25) is 0 Å². The Hall–Kier alpha value is -6.75. The predicted octanol–water partition coefficient (Wildman–Crippen LogP) is 14.0. The van der Waals surface area contributed by atoms with E-state index in [2.05, 4.69) is 38.3 Å². The first-order valence-corrected chi connectivity index (χ1v) is 23.6. The van der Waals surface area contributed by atoms with Crippen LogP contribution in [0.25, 0.3) is 21.5 Å². The number of hydrogen-bond acceptors (Lipinski definition) is 11. The second-order valence-electron chi connectivity index (χ2n) is 15.3. The summed E-state index contributed by atoms with van der Waals surface area (Å²) in [6.07, 6.45) is 20.0. The molecule has 68 heavy (non-hydrogen) atoms. The lowest BCUT2D eigenvalue weighted by atomic mass is 10.0. The number of carbonyl (C=O) groups excluding carboxylic acids is 5. The minimum atomic E-state index is -0.442. The highest BCUT2D eigenvalue weighted by molar-refractivity contribution is 5.97. The molecular formula is C57H74O11. The molecule has 0 heterocycles. The van der Waals surface area contributed by atoms with E-state index in [1.807, 2.05) is 81.4 Å². The van der Waals surface area contributed by atoms with Crippen LogP contribution in [0.4, 0.5) is 0 Å². The van der Waals surface area contributed by atoms with Crippen molar-refractivity contribution in [2.75, 3.05) is 26.9 Å². The first kappa shape index (κ1) is 59.3. The zero-order chi connectivity index (χ0) is 50.4. The van der Waals surface area contributed by atoms with Crippen LogP contribution >= 0.6 is 0 Å². The number of hydrogen-bond donors (Lipinski definition) is 0. The van der Waals surface area contributed by atoms with Crippen LogP contribution in [0.5, 0.6) is 11.5 Å². The van der Waals surface area contributed by atoms with Crippen LogP contribution in [0, 0.1) is 5.92 Å². The number of fused-ring (bicyclic) bond motifs is 2. The molecule has 1 unspecified atom stereocenters. The van der Waals surface area contributed by atoms with Gasteiger partial charge in [0.1, 0.15) is 29.3 Å². The third-order valence-electron chi connectivity index (χ3n) is 10.1. The molecule has 1 aliphatic rings. The molecule has 0 N–H and O–H groups in total. The fraction of sp³-hybridized carbons (Fsp3) is 0.386. The summed E-state index contributed by atoms with van der Waals surface area (Å²) < 4.78 is 32.1. The molecule has 11 nitrogen and oxygen atoms in total. The van der Waals surface area contributed by atoms with E-state index in [1.165, 1.54) is 45.3 Å². The number of esters is 3. The summed E-state index contributed by atoms with van der Waals surface area (Å²) in [7, 11) is 1.31. The molecule has 5 rings (SSSR count). The lowest BCUT2D eigenvalue weighted by Gasteiger charge is -2.15. The molecule has 0 aliphatic heterocycles. The van der Waals surface area contributed by atoms with Gasteiger partial charge in [-0.2, -0.15) is 0 Å². The van der Waals surface area contributed by atoms with Gasteiger partial charge in [-0.3, -0.25) is 9.59 Å². The van der Waals surface area contributed by atoms with Crippen molar-refractivity contribution in [2.24, 2.45) is 5.92 Å². The number of ether oxygens (including phenoxy) is 6. The van der Waals surface area contributed by atoms with Gasteiger partial charge in [-0.25, -0.2) is 14.4 Å². The van der Waals surface area contributed by atoms with Crippen LogP contribution in [-0.4, -0.2) is 57.6 Å². The molecular weight excluding hydrogens is 861 g/mol. The molecule has 0 amide bonds. The number of rotatable bonds is 24. The topological polar surface area (TPSA) is 141 Å². The standard InChI is InChI=1S/C45H52O8.C4H6O2.C3H4O.C3H6.C2H6/c1-3-33(2)12-8-4-5-10-26-50-42-19-17-34-28-38(15-13-36(34)30-42)44(47)52-40-21-23-41(24-22-40)53-45(48)39-16-14-37-31-43(20-18-35(37)29-39)51-27-11-7-6-9-25-49-32-46;1-3-4(5)6-2;1-2-3-4;1-3-2;1-2/h13-21,23,28-33H,3-12,22,24-27H2,1-2H3;3H,1H2,2H3;2-3H,1H2;3H,1H2,2H3;1-2H3. The lowest BCUT2D eigenvalue weighted by Crippen LogP contribution is -2.10. The highest BCUT2D eigenvalue weighted by atomic mass is 16.5. The van der Waals surface area contributed by atoms with Gasteiger partial charge >= 0.3 is 17.9 Å². The molecule has 4 aromatic carbocycles. The largest absolute Gasteiger partial charge is 0.494 e. The molecule has 11 heteroatoms. The van der Waals surface area contributed by atoms with Gasteiger partial charge in [-0.05, 0) is 133 Å². The van der Waals surface area contributed by atoms with Gasteiger partial charge in [0.15, 0.2) is 0 Å². The van der Waals surface area contributed by atoms with E-state index >= 15 is 0 Å². The third-order valence-corrected chi connectivity index (χ3v) is 10.1. The summed E-state index contributed by atoms with van der Waals surface area (Å²) in [6, 6.07) is 22.7. The molecule has 0 aromatic heterocycles. The Morgan fingerprint density at radius 3 is 1.41 bits per heavy atom. The zero-order valence-electron chi connectivity index (χ0n) is 41.3. The number of methoxy groups -OCH3 is 1. The fourth-order valence-electron chi connectivity index (χ4n) is 6.31. The van der Waals surface area contributed by atoms with Gasteiger partial charge in [0.25, 0.3) is 6.47 Å². The molecule has 0 radical (unpaired) electrons. The van der Waals surface area contributed by atoms with E-state index < -0.39 is 17.9 Å². The Morgan fingerprint density at radius 1 is 0.632 bits per heavy atom. The highest BCUT2D eigenvalue weighted by Crippen LogP contribution is 2.27. The maximum absolute atomic E-state index is 13.0. The molecule has 368 valence electrons. The Balaban J connectivity index is 0.00000135. The minimum absolute atomic E-state index is 0.394. The number of benzene rings is 4. The summed E-state index contributed by atoms with van der Waals surface area (Å²) in [5.41, 5.74) is 0.917. The van der Waals surface area contributed by atoms with Crippen molar-refractivity contribution in [1.29, 1.82) is 0 Å². The average molecular weight is 935 g/mol. The van der Waals surface area contributed by atoms with Crippen LogP contribution in [0.3, 0.4) is 0 Å². The molecule has 0 bridgehead atoms. The average Bonchev–Trinajstić information content (AvgIpc) is 3.37. The molecule has 1 atom stereocenters. The minimum Gasteiger partial charge on any atom is -0.494 e. The van der Waals surface area contributed by atoms with E-state index in [1.54, 1.807) is 30.4 Å². The monoisotopic (exact) mass is 935 g/mol. The predicted molar refractivity (Wildman–Crippen MR) is 274 cm³/mol. The lowest BCUT2D eigenvalue weighted by molar-refractivity contribution is -0.134. The normalized spacial score (nSPS) is 11.4. The van der Waals surface area contributed by atoms with Crippen LogP contribution in [0.1, 0.15) is 132 Å². The second-order valence-corrected chi connectivity index (χ2v) is 15.3. The number of allylic oxidation sites excluding steroid dienone is 6. The molecule has 0 saturated heterocycles. The Morgan fingerprint density at radius 2 is 1.04 bits per heavy atom. The summed E-state index contributed by atoms with van der Waals surface area (Å²) >= 11 is 0. The number of aldehydes is 1. The molecule has 0 saturated carbocycles. The third kappa shape index (κ3) is 24.7. The molecule has 1 aliphatic carbocycles. The number of unbranched alkanes of at least 4 members (excludes halogenated alkanes) is 6. The zero-order valence-corrected chi connectivity index (χ0v) is 41.3. The van der Waals surface area contributed by atoms with Gasteiger partial charge in [0.05, 0.1) is 38.1 Å². The summed E-state index contributed by atoms with van der Waals surface area (Å²) in [6.45, 7) is 22.3. The first-order chi connectivity index (χ1) is 33.0. The van der Waals surface area contributed by atoms with Crippen molar-refractivity contribution in [3.63, 3.8) is 0 Å². The first-order valence-electron chi connectivity index (χ1n) is 23.6.